The second kappa shape index (κ2) is 5.19. The molecule has 0 saturated heterocycles. The van der Waals surface area contributed by atoms with Gasteiger partial charge < -0.3 is 9.73 Å². The maximum Gasteiger partial charge on any atom is 0.289 e. The molecule has 0 unspecified atom stereocenters. The first-order valence-electron chi connectivity index (χ1n) is 7.13. The third-order valence-electron chi connectivity index (χ3n) is 4.12. The Labute approximate surface area is 126 Å². The lowest BCUT2D eigenvalue weighted by Gasteiger charge is -2.43. The van der Waals surface area contributed by atoms with Gasteiger partial charge in [-0.05, 0) is 32.3 Å². The lowest BCUT2D eigenvalue weighted by molar-refractivity contribution is 0.0787. The third-order valence-corrected chi connectivity index (χ3v) is 4.12. The lowest BCUT2D eigenvalue weighted by atomic mass is 9.71. The zero-order valence-electron chi connectivity index (χ0n) is 12.4. The van der Waals surface area contributed by atoms with E-state index in [1.165, 1.54) is 12.1 Å². The van der Waals surface area contributed by atoms with Crippen molar-refractivity contribution in [3.05, 3.63) is 52.7 Å². The average Bonchev–Trinajstić information content (AvgIpc) is 2.73. The highest BCUT2D eigenvalue weighted by Gasteiger charge is 2.42. The van der Waals surface area contributed by atoms with E-state index in [1.54, 1.807) is 13.8 Å². The maximum absolute atomic E-state index is 14.1. The fraction of sp³-hybridized carbons (Fsp3) is 0.375. The number of nitrogens with zero attached hydrogens (tertiary/aromatic N) is 1. The zero-order valence-corrected chi connectivity index (χ0v) is 12.4. The van der Waals surface area contributed by atoms with Crippen LogP contribution in [0.2, 0.25) is 0 Å². The topological polar surface area (TPSA) is 55.1 Å². The molecule has 1 saturated carbocycles. The van der Waals surface area contributed by atoms with Gasteiger partial charge in [-0.25, -0.2) is 13.8 Å². The van der Waals surface area contributed by atoms with Crippen molar-refractivity contribution >= 4 is 5.91 Å². The number of halogens is 2. The monoisotopic (exact) mass is 306 g/mol. The van der Waals surface area contributed by atoms with E-state index in [4.69, 9.17) is 4.42 Å². The Hall–Kier alpha value is -2.24. The molecule has 1 aliphatic rings. The van der Waals surface area contributed by atoms with Crippen LogP contribution in [-0.2, 0) is 5.54 Å². The second-order valence-electron chi connectivity index (χ2n) is 5.66. The summed E-state index contributed by atoms with van der Waals surface area (Å²) in [6.45, 7) is 3.33. The minimum Gasteiger partial charge on any atom is -0.436 e. The van der Waals surface area contributed by atoms with E-state index in [0.29, 0.717) is 30.0 Å². The van der Waals surface area contributed by atoms with Crippen molar-refractivity contribution in [2.24, 2.45) is 0 Å². The Morgan fingerprint density at radius 2 is 2.05 bits per heavy atom. The fourth-order valence-corrected chi connectivity index (χ4v) is 2.89. The Kier molecular flexibility index (Phi) is 3.47. The SMILES string of the molecule is Cc1nc(C)c(C(=O)NC2(c3ccc(F)cc3F)CCC2)o1. The molecule has 1 amide bonds. The van der Waals surface area contributed by atoms with Gasteiger partial charge in [0.1, 0.15) is 11.6 Å². The van der Waals surface area contributed by atoms with Crippen LogP contribution in [0.3, 0.4) is 0 Å². The predicted octanol–water partition coefficient (Wildman–Crippen LogP) is 3.38. The van der Waals surface area contributed by atoms with Gasteiger partial charge >= 0.3 is 0 Å². The van der Waals surface area contributed by atoms with Crippen LogP contribution in [0.15, 0.2) is 22.6 Å². The molecule has 0 spiro atoms. The number of carbonyl (C=O) groups excluding carboxylic acids is 1. The van der Waals surface area contributed by atoms with Crippen LogP contribution >= 0.6 is 0 Å². The van der Waals surface area contributed by atoms with Gasteiger partial charge in [-0.15, -0.1) is 0 Å². The van der Waals surface area contributed by atoms with E-state index < -0.39 is 23.1 Å². The molecule has 2 aromatic rings. The Balaban J connectivity index is 1.91. The molecule has 1 aromatic carbocycles. The number of oxazole rings is 1. The van der Waals surface area contributed by atoms with Gasteiger partial charge in [0.25, 0.3) is 5.91 Å². The molecule has 0 aliphatic heterocycles. The molecule has 116 valence electrons. The Morgan fingerprint density at radius 1 is 1.32 bits per heavy atom. The molecule has 0 radical (unpaired) electrons. The lowest BCUT2D eigenvalue weighted by Crippen LogP contribution is -2.51. The van der Waals surface area contributed by atoms with Crippen LogP contribution in [0, 0.1) is 25.5 Å². The fourth-order valence-electron chi connectivity index (χ4n) is 2.89. The molecule has 1 aromatic heterocycles. The first kappa shape index (κ1) is 14.7. The van der Waals surface area contributed by atoms with Gasteiger partial charge in [0.15, 0.2) is 5.89 Å². The first-order valence-corrected chi connectivity index (χ1v) is 7.13. The third kappa shape index (κ3) is 2.38. The van der Waals surface area contributed by atoms with Gasteiger partial charge in [-0.3, -0.25) is 4.79 Å². The summed E-state index contributed by atoms with van der Waals surface area (Å²) in [5.41, 5.74) is -0.00594. The molecule has 1 aliphatic carbocycles. The van der Waals surface area contributed by atoms with Crippen LogP contribution < -0.4 is 5.32 Å². The van der Waals surface area contributed by atoms with Crippen LogP contribution in [0.5, 0.6) is 0 Å². The maximum atomic E-state index is 14.1. The number of benzene rings is 1. The van der Waals surface area contributed by atoms with Gasteiger partial charge in [0, 0.05) is 18.6 Å². The predicted molar refractivity (Wildman–Crippen MR) is 75.3 cm³/mol. The van der Waals surface area contributed by atoms with Crippen molar-refractivity contribution in [2.45, 2.75) is 38.6 Å². The summed E-state index contributed by atoms with van der Waals surface area (Å²) in [6, 6.07) is 3.43. The highest BCUT2D eigenvalue weighted by Crippen LogP contribution is 2.42. The average molecular weight is 306 g/mol. The molecule has 0 bridgehead atoms. The van der Waals surface area contributed by atoms with Gasteiger partial charge in [-0.2, -0.15) is 0 Å². The molecule has 1 heterocycles. The number of aromatic nitrogens is 1. The number of hydrogen-bond acceptors (Lipinski definition) is 3. The van der Waals surface area contributed by atoms with Gasteiger partial charge in [0.05, 0.1) is 11.2 Å². The van der Waals surface area contributed by atoms with E-state index >= 15 is 0 Å². The highest BCUT2D eigenvalue weighted by molar-refractivity contribution is 5.93. The molecular weight excluding hydrogens is 290 g/mol. The minimum atomic E-state index is -0.804. The normalized spacial score (nSPS) is 16.2. The van der Waals surface area contributed by atoms with Crippen LogP contribution in [0.4, 0.5) is 8.78 Å². The molecule has 22 heavy (non-hydrogen) atoms. The standard InChI is InChI=1S/C16H16F2N2O2/c1-9-14(22-10(2)19-9)15(21)20-16(6-3-7-16)12-5-4-11(17)8-13(12)18/h4-5,8H,3,6-7H2,1-2H3,(H,20,21). The van der Waals surface area contributed by atoms with Crippen molar-refractivity contribution in [1.82, 2.24) is 10.3 Å². The summed E-state index contributed by atoms with van der Waals surface area (Å²) in [7, 11) is 0. The summed E-state index contributed by atoms with van der Waals surface area (Å²) < 4.78 is 32.5. The summed E-state index contributed by atoms with van der Waals surface area (Å²) in [5.74, 6) is -1.18. The second-order valence-corrected chi connectivity index (χ2v) is 5.66. The molecular formula is C16H16F2N2O2. The van der Waals surface area contributed by atoms with Gasteiger partial charge in [-0.1, -0.05) is 6.07 Å². The molecule has 6 heteroatoms. The van der Waals surface area contributed by atoms with Crippen molar-refractivity contribution < 1.29 is 18.0 Å². The quantitative estimate of drug-likeness (QED) is 0.946. The van der Waals surface area contributed by atoms with E-state index in [2.05, 4.69) is 10.3 Å². The number of amides is 1. The number of hydrogen-bond donors (Lipinski definition) is 1. The molecule has 3 rings (SSSR count). The van der Waals surface area contributed by atoms with Gasteiger partial charge in [0.2, 0.25) is 5.76 Å². The van der Waals surface area contributed by atoms with Crippen molar-refractivity contribution in [3.8, 4) is 0 Å². The van der Waals surface area contributed by atoms with Crippen molar-refractivity contribution in [2.75, 3.05) is 0 Å². The molecule has 0 atom stereocenters. The summed E-state index contributed by atoms with van der Waals surface area (Å²) in [5, 5.41) is 2.84. The molecule has 1 N–H and O–H groups in total. The van der Waals surface area contributed by atoms with E-state index in [-0.39, 0.29) is 5.76 Å². The van der Waals surface area contributed by atoms with Crippen LogP contribution in [-0.4, -0.2) is 10.9 Å². The number of carbonyl (C=O) groups is 1. The minimum absolute atomic E-state index is 0.131. The smallest absolute Gasteiger partial charge is 0.289 e. The Morgan fingerprint density at radius 3 is 2.55 bits per heavy atom. The van der Waals surface area contributed by atoms with Crippen molar-refractivity contribution in [1.29, 1.82) is 0 Å². The Bertz CT molecular complexity index is 736. The van der Waals surface area contributed by atoms with Crippen LogP contribution in [0.25, 0.3) is 0 Å². The summed E-state index contributed by atoms with van der Waals surface area (Å²) in [4.78, 5) is 16.5. The molecule has 1 fully saturated rings. The van der Waals surface area contributed by atoms with E-state index in [9.17, 15) is 13.6 Å². The first-order chi connectivity index (χ1) is 10.4. The summed E-state index contributed by atoms with van der Waals surface area (Å²) >= 11 is 0. The van der Waals surface area contributed by atoms with Crippen LogP contribution in [0.1, 0.15) is 47.0 Å². The van der Waals surface area contributed by atoms with E-state index in [0.717, 1.165) is 12.5 Å². The number of rotatable bonds is 3. The summed E-state index contributed by atoms with van der Waals surface area (Å²) in [6.07, 6.45) is 2.08. The number of nitrogens with one attached hydrogen (secondary N) is 1. The number of aryl methyl sites for hydroxylation is 2. The largest absolute Gasteiger partial charge is 0.436 e. The van der Waals surface area contributed by atoms with Crippen molar-refractivity contribution in [3.63, 3.8) is 0 Å². The zero-order chi connectivity index (χ0) is 15.9. The van der Waals surface area contributed by atoms with E-state index in [1.807, 2.05) is 0 Å². The highest BCUT2D eigenvalue weighted by atomic mass is 19.1. The molecule has 4 nitrogen and oxygen atoms in total.